The number of allylic oxidation sites excluding steroid dienone is 1. The minimum Gasteiger partial charge on any atom is -0.465 e. The highest BCUT2D eigenvalue weighted by molar-refractivity contribution is 9.10. The predicted molar refractivity (Wildman–Crippen MR) is 93.5 cm³/mol. The molecule has 0 aliphatic carbocycles. The minimum absolute atomic E-state index is 0.890. The summed E-state index contributed by atoms with van der Waals surface area (Å²) in [5, 5.41) is 0. The van der Waals surface area contributed by atoms with Crippen LogP contribution < -0.4 is 4.74 Å². The number of hydrogen-bond donors (Lipinski definition) is 0. The van der Waals surface area contributed by atoms with E-state index in [1.807, 2.05) is 18.4 Å². The van der Waals surface area contributed by atoms with Gasteiger partial charge in [0.15, 0.2) is 0 Å². The molecule has 2 heteroatoms. The highest BCUT2D eigenvalue weighted by atomic mass is 79.9. The molecule has 0 radical (unpaired) electrons. The Balaban J connectivity index is 2.18. The Morgan fingerprint density at radius 2 is 1.90 bits per heavy atom. The van der Waals surface area contributed by atoms with Crippen molar-refractivity contribution in [2.24, 2.45) is 0 Å². The molecule has 0 bridgehead atoms. The van der Waals surface area contributed by atoms with Crippen LogP contribution in [0, 0.1) is 6.92 Å². The van der Waals surface area contributed by atoms with Crippen molar-refractivity contribution < 1.29 is 4.74 Å². The summed E-state index contributed by atoms with van der Waals surface area (Å²) in [7, 11) is 0. The molecular formula is C19H21BrO. The van der Waals surface area contributed by atoms with Crippen molar-refractivity contribution in [1.82, 2.24) is 0 Å². The Morgan fingerprint density at radius 3 is 2.57 bits per heavy atom. The molecule has 0 spiro atoms. The molecule has 0 aromatic heterocycles. The number of halogens is 1. The van der Waals surface area contributed by atoms with E-state index in [0.29, 0.717) is 0 Å². The first kappa shape index (κ1) is 15.8. The highest BCUT2D eigenvalue weighted by Gasteiger charge is 2.03. The monoisotopic (exact) mass is 344 g/mol. The van der Waals surface area contributed by atoms with Gasteiger partial charge in [0.05, 0.1) is 6.26 Å². The van der Waals surface area contributed by atoms with E-state index >= 15 is 0 Å². The van der Waals surface area contributed by atoms with Crippen LogP contribution in [0.2, 0.25) is 0 Å². The lowest BCUT2D eigenvalue weighted by molar-refractivity contribution is 0.481. The van der Waals surface area contributed by atoms with Crippen molar-refractivity contribution in [3.63, 3.8) is 0 Å². The van der Waals surface area contributed by atoms with Crippen molar-refractivity contribution in [3.8, 4) is 5.75 Å². The molecule has 0 aliphatic rings. The number of unbranched alkanes of at least 4 members (excludes halogenated alkanes) is 1. The number of ether oxygens (including phenoxy) is 1. The molecule has 0 heterocycles. The fraction of sp³-hybridized carbons (Fsp3) is 0.263. The van der Waals surface area contributed by atoms with Crippen LogP contribution in [0.1, 0.15) is 37.3 Å². The zero-order valence-corrected chi connectivity index (χ0v) is 14.2. The molecule has 0 N–H and O–H groups in total. The maximum absolute atomic E-state index is 5.86. The molecule has 2 aromatic carbocycles. The third-order valence-electron chi connectivity index (χ3n) is 3.34. The normalized spacial score (nSPS) is 11.5. The van der Waals surface area contributed by atoms with Gasteiger partial charge in [0.2, 0.25) is 0 Å². The molecular weight excluding hydrogens is 324 g/mol. The van der Waals surface area contributed by atoms with Gasteiger partial charge in [0.25, 0.3) is 0 Å². The first-order chi connectivity index (χ1) is 10.2. The van der Waals surface area contributed by atoms with Gasteiger partial charge in [-0.25, -0.2) is 0 Å². The molecule has 0 unspecified atom stereocenters. The van der Waals surface area contributed by atoms with E-state index in [4.69, 9.17) is 4.74 Å². The van der Waals surface area contributed by atoms with E-state index in [-0.39, 0.29) is 0 Å². The lowest BCUT2D eigenvalue weighted by atomic mass is 10.0. The van der Waals surface area contributed by atoms with Crippen LogP contribution in [0.4, 0.5) is 0 Å². The van der Waals surface area contributed by atoms with Gasteiger partial charge in [0.1, 0.15) is 5.75 Å². The van der Waals surface area contributed by atoms with Crippen molar-refractivity contribution in [2.75, 3.05) is 0 Å². The summed E-state index contributed by atoms with van der Waals surface area (Å²) in [5.41, 5.74) is 3.67. The molecule has 1 nitrogen and oxygen atoms in total. The summed E-state index contributed by atoms with van der Waals surface area (Å²) in [6.07, 6.45) is 5.27. The van der Waals surface area contributed by atoms with Crippen LogP contribution in [-0.2, 0) is 0 Å². The van der Waals surface area contributed by atoms with E-state index in [0.717, 1.165) is 16.6 Å². The van der Waals surface area contributed by atoms with Crippen LogP contribution in [0.3, 0.4) is 0 Å². The second-order valence-electron chi connectivity index (χ2n) is 5.19. The maximum atomic E-state index is 5.86. The van der Waals surface area contributed by atoms with Gasteiger partial charge in [-0.1, -0.05) is 53.5 Å². The Labute approximate surface area is 135 Å². The van der Waals surface area contributed by atoms with Gasteiger partial charge in [-0.05, 0) is 60.7 Å². The van der Waals surface area contributed by atoms with Gasteiger partial charge >= 0.3 is 0 Å². The van der Waals surface area contributed by atoms with Gasteiger partial charge in [0, 0.05) is 4.47 Å². The third kappa shape index (κ3) is 5.05. The lowest BCUT2D eigenvalue weighted by Crippen LogP contribution is -1.90. The molecule has 0 saturated carbocycles. The van der Waals surface area contributed by atoms with Crippen LogP contribution in [-0.4, -0.2) is 0 Å². The summed E-state index contributed by atoms with van der Waals surface area (Å²) >= 11 is 3.48. The van der Waals surface area contributed by atoms with E-state index in [1.54, 1.807) is 0 Å². The van der Waals surface area contributed by atoms with Crippen molar-refractivity contribution >= 4 is 21.5 Å². The Morgan fingerprint density at radius 1 is 1.14 bits per heavy atom. The van der Waals surface area contributed by atoms with Gasteiger partial charge in [-0.15, -0.1) is 0 Å². The molecule has 0 atom stereocenters. The summed E-state index contributed by atoms with van der Waals surface area (Å²) in [5.74, 6) is 0.890. The standard InChI is InChI=1S/C19H21BrO/c1-3-4-7-17(16-9-11-18(20)12-10-16)14-21-19-8-5-6-15(2)13-19/h5-6,8-14H,3-4,7H2,1-2H3/b17-14+. The maximum Gasteiger partial charge on any atom is 0.126 e. The minimum atomic E-state index is 0.890. The first-order valence-electron chi connectivity index (χ1n) is 7.37. The fourth-order valence-corrected chi connectivity index (χ4v) is 2.39. The van der Waals surface area contributed by atoms with Gasteiger partial charge < -0.3 is 4.74 Å². The van der Waals surface area contributed by atoms with E-state index < -0.39 is 0 Å². The molecule has 110 valence electrons. The third-order valence-corrected chi connectivity index (χ3v) is 3.87. The molecule has 0 amide bonds. The Bertz CT molecular complexity index is 599. The molecule has 0 saturated heterocycles. The Hall–Kier alpha value is -1.54. The summed E-state index contributed by atoms with van der Waals surface area (Å²) in [6, 6.07) is 16.5. The largest absolute Gasteiger partial charge is 0.465 e. The number of hydrogen-bond acceptors (Lipinski definition) is 1. The lowest BCUT2D eigenvalue weighted by Gasteiger charge is -2.09. The molecule has 21 heavy (non-hydrogen) atoms. The predicted octanol–water partition coefficient (Wildman–Crippen LogP) is 6.37. The average Bonchev–Trinajstić information content (AvgIpc) is 2.49. The molecule has 2 aromatic rings. The summed E-state index contributed by atoms with van der Waals surface area (Å²) in [4.78, 5) is 0. The Kier molecular flexibility index (Phi) is 6.06. The number of rotatable bonds is 6. The SMILES string of the molecule is CCCC/C(=C\Oc1cccc(C)c1)c1ccc(Br)cc1. The average molecular weight is 345 g/mol. The first-order valence-corrected chi connectivity index (χ1v) is 8.16. The highest BCUT2D eigenvalue weighted by Crippen LogP contribution is 2.24. The van der Waals surface area contributed by atoms with Crippen molar-refractivity contribution in [3.05, 3.63) is 70.4 Å². The van der Waals surface area contributed by atoms with Crippen LogP contribution in [0.25, 0.3) is 5.57 Å². The molecule has 0 fully saturated rings. The molecule has 2 rings (SSSR count). The van der Waals surface area contributed by atoms with E-state index in [9.17, 15) is 0 Å². The number of benzene rings is 2. The summed E-state index contributed by atoms with van der Waals surface area (Å²) < 4.78 is 6.95. The zero-order chi connectivity index (χ0) is 15.1. The van der Waals surface area contributed by atoms with Crippen molar-refractivity contribution in [1.29, 1.82) is 0 Å². The van der Waals surface area contributed by atoms with Crippen molar-refractivity contribution in [2.45, 2.75) is 33.1 Å². The van der Waals surface area contributed by atoms with E-state index in [1.165, 1.54) is 29.5 Å². The second kappa shape index (κ2) is 8.04. The van der Waals surface area contributed by atoms with Gasteiger partial charge in [-0.2, -0.15) is 0 Å². The van der Waals surface area contributed by atoms with Crippen LogP contribution in [0.5, 0.6) is 5.75 Å². The second-order valence-corrected chi connectivity index (χ2v) is 6.10. The van der Waals surface area contributed by atoms with Gasteiger partial charge in [-0.3, -0.25) is 0 Å². The van der Waals surface area contributed by atoms with Crippen LogP contribution in [0.15, 0.2) is 59.3 Å². The quantitative estimate of drug-likeness (QED) is 0.553. The van der Waals surface area contributed by atoms with Crippen LogP contribution >= 0.6 is 15.9 Å². The topological polar surface area (TPSA) is 9.23 Å². The number of aryl methyl sites for hydroxylation is 1. The smallest absolute Gasteiger partial charge is 0.126 e. The molecule has 0 aliphatic heterocycles. The zero-order valence-electron chi connectivity index (χ0n) is 12.6. The summed E-state index contributed by atoms with van der Waals surface area (Å²) in [6.45, 7) is 4.28. The fourth-order valence-electron chi connectivity index (χ4n) is 2.13. The van der Waals surface area contributed by atoms with E-state index in [2.05, 4.69) is 66.2 Å².